The van der Waals surface area contributed by atoms with Gasteiger partial charge in [-0.3, -0.25) is 4.79 Å². The maximum Gasteiger partial charge on any atom is 0.251 e. The van der Waals surface area contributed by atoms with E-state index in [1.54, 1.807) is 11.0 Å². The number of carbonyl (C=O) groups excluding carboxylic acids is 1. The molecule has 104 valence electrons. The number of nitrogens with one attached hydrogen (secondary N) is 1. The first-order chi connectivity index (χ1) is 9.81. The number of rotatable bonds is 4. The van der Waals surface area contributed by atoms with Gasteiger partial charge in [0.25, 0.3) is 5.91 Å². The number of amides is 1. The van der Waals surface area contributed by atoms with E-state index in [4.69, 9.17) is 0 Å². The molecule has 1 fully saturated rings. The molecule has 1 aromatic heterocycles. The minimum atomic E-state index is 0.0317. The first-order valence-electron chi connectivity index (χ1n) is 7.03. The summed E-state index contributed by atoms with van der Waals surface area (Å²) in [7, 11) is 0. The quantitative estimate of drug-likeness (QED) is 0.924. The van der Waals surface area contributed by atoms with E-state index in [-0.39, 0.29) is 5.91 Å². The lowest BCUT2D eigenvalue weighted by atomic mass is 10.1. The van der Waals surface area contributed by atoms with Crippen LogP contribution in [0.4, 0.5) is 0 Å². The number of hydrogen-bond donors (Lipinski definition) is 1. The molecule has 1 aromatic carbocycles. The van der Waals surface area contributed by atoms with E-state index < -0.39 is 0 Å². The molecular weight excluding hydrogens is 252 g/mol. The highest BCUT2D eigenvalue weighted by atomic mass is 16.1. The molecule has 1 saturated carbocycles. The molecule has 3 rings (SSSR count). The second-order valence-corrected chi connectivity index (χ2v) is 5.24. The van der Waals surface area contributed by atoms with Crippen LogP contribution in [0.3, 0.4) is 0 Å². The molecule has 5 heteroatoms. The Bertz CT molecular complexity index is 556. The summed E-state index contributed by atoms with van der Waals surface area (Å²) >= 11 is 0. The van der Waals surface area contributed by atoms with E-state index in [9.17, 15) is 4.79 Å². The zero-order valence-corrected chi connectivity index (χ0v) is 11.3. The summed E-state index contributed by atoms with van der Waals surface area (Å²) in [4.78, 5) is 16.0. The van der Waals surface area contributed by atoms with E-state index >= 15 is 0 Å². The van der Waals surface area contributed by atoms with Crippen molar-refractivity contribution in [3.05, 3.63) is 48.0 Å². The van der Waals surface area contributed by atoms with Crippen LogP contribution >= 0.6 is 0 Å². The Labute approximate surface area is 118 Å². The van der Waals surface area contributed by atoms with Gasteiger partial charge < -0.3 is 5.32 Å². The molecule has 1 heterocycles. The number of benzene rings is 1. The predicted molar refractivity (Wildman–Crippen MR) is 75.3 cm³/mol. The molecule has 1 amide bonds. The van der Waals surface area contributed by atoms with Crippen LogP contribution in [0, 0.1) is 0 Å². The highest BCUT2D eigenvalue weighted by molar-refractivity contribution is 5.94. The smallest absolute Gasteiger partial charge is 0.251 e. The van der Waals surface area contributed by atoms with Crippen molar-refractivity contribution < 1.29 is 4.79 Å². The fraction of sp³-hybridized carbons (Fsp3) is 0.400. The van der Waals surface area contributed by atoms with Crippen LogP contribution in [0.25, 0.3) is 0 Å². The van der Waals surface area contributed by atoms with Crippen molar-refractivity contribution in [2.24, 2.45) is 0 Å². The molecule has 0 radical (unpaired) electrons. The summed E-state index contributed by atoms with van der Waals surface area (Å²) in [5, 5.41) is 7.16. The standard InChI is InChI=1S/C15H18N4O/c20-15(18-14-3-1-2-4-14)13-7-5-12(6-8-13)9-19-11-16-10-17-19/h5-8,10-11,14H,1-4,9H2,(H,18,20). The summed E-state index contributed by atoms with van der Waals surface area (Å²) in [6.45, 7) is 0.671. The van der Waals surface area contributed by atoms with Crippen molar-refractivity contribution >= 4 is 5.91 Å². The summed E-state index contributed by atoms with van der Waals surface area (Å²) in [5.41, 5.74) is 1.83. The maximum atomic E-state index is 12.1. The van der Waals surface area contributed by atoms with E-state index in [1.165, 1.54) is 19.2 Å². The molecular formula is C15H18N4O. The van der Waals surface area contributed by atoms with Crippen LogP contribution in [0.1, 0.15) is 41.6 Å². The second kappa shape index (κ2) is 5.86. The Morgan fingerprint density at radius 1 is 1.25 bits per heavy atom. The van der Waals surface area contributed by atoms with Gasteiger partial charge in [0.1, 0.15) is 12.7 Å². The molecule has 0 aliphatic heterocycles. The Morgan fingerprint density at radius 3 is 2.65 bits per heavy atom. The van der Waals surface area contributed by atoms with E-state index in [2.05, 4.69) is 15.4 Å². The normalized spacial score (nSPS) is 15.4. The predicted octanol–water partition coefficient (Wildman–Crippen LogP) is 2.00. The summed E-state index contributed by atoms with van der Waals surface area (Å²) in [6, 6.07) is 8.03. The Balaban J connectivity index is 1.61. The molecule has 1 N–H and O–H groups in total. The largest absolute Gasteiger partial charge is 0.349 e. The lowest BCUT2D eigenvalue weighted by Crippen LogP contribution is -2.32. The number of hydrogen-bond acceptors (Lipinski definition) is 3. The van der Waals surface area contributed by atoms with Crippen molar-refractivity contribution in [1.82, 2.24) is 20.1 Å². The molecule has 0 unspecified atom stereocenters. The van der Waals surface area contributed by atoms with Gasteiger partial charge in [-0.05, 0) is 30.5 Å². The van der Waals surface area contributed by atoms with Crippen LogP contribution < -0.4 is 5.32 Å². The van der Waals surface area contributed by atoms with Crippen molar-refractivity contribution in [1.29, 1.82) is 0 Å². The van der Waals surface area contributed by atoms with Gasteiger partial charge in [0, 0.05) is 11.6 Å². The average molecular weight is 270 g/mol. The Morgan fingerprint density at radius 2 is 2.00 bits per heavy atom. The third-order valence-electron chi connectivity index (χ3n) is 3.72. The molecule has 0 saturated heterocycles. The van der Waals surface area contributed by atoms with E-state index in [0.29, 0.717) is 12.6 Å². The number of nitrogens with zero attached hydrogens (tertiary/aromatic N) is 3. The molecule has 5 nitrogen and oxygen atoms in total. The third kappa shape index (κ3) is 3.04. The minimum Gasteiger partial charge on any atom is -0.349 e. The fourth-order valence-electron chi connectivity index (χ4n) is 2.60. The molecule has 2 aromatic rings. The molecule has 0 spiro atoms. The van der Waals surface area contributed by atoms with Gasteiger partial charge in [-0.1, -0.05) is 25.0 Å². The lowest BCUT2D eigenvalue weighted by Gasteiger charge is -2.12. The van der Waals surface area contributed by atoms with Gasteiger partial charge in [0.2, 0.25) is 0 Å². The average Bonchev–Trinajstić information content (AvgIpc) is 3.13. The van der Waals surface area contributed by atoms with Crippen molar-refractivity contribution in [3.63, 3.8) is 0 Å². The monoisotopic (exact) mass is 270 g/mol. The molecule has 0 atom stereocenters. The fourth-order valence-corrected chi connectivity index (χ4v) is 2.60. The minimum absolute atomic E-state index is 0.0317. The van der Waals surface area contributed by atoms with Crippen molar-refractivity contribution in [2.45, 2.75) is 38.3 Å². The van der Waals surface area contributed by atoms with Gasteiger partial charge in [-0.2, -0.15) is 5.10 Å². The zero-order chi connectivity index (χ0) is 13.8. The lowest BCUT2D eigenvalue weighted by molar-refractivity contribution is 0.0938. The second-order valence-electron chi connectivity index (χ2n) is 5.24. The van der Waals surface area contributed by atoms with Crippen LogP contribution in [0.5, 0.6) is 0 Å². The SMILES string of the molecule is O=C(NC1CCCC1)c1ccc(Cn2cncn2)cc1. The van der Waals surface area contributed by atoms with E-state index in [0.717, 1.165) is 24.0 Å². The maximum absolute atomic E-state index is 12.1. The summed E-state index contributed by atoms with van der Waals surface area (Å²) in [5.74, 6) is 0.0317. The third-order valence-corrected chi connectivity index (χ3v) is 3.72. The van der Waals surface area contributed by atoms with E-state index in [1.807, 2.05) is 24.3 Å². The highest BCUT2D eigenvalue weighted by Crippen LogP contribution is 2.18. The Hall–Kier alpha value is -2.17. The number of carbonyl (C=O) groups is 1. The molecule has 1 aliphatic carbocycles. The molecule has 20 heavy (non-hydrogen) atoms. The molecule has 0 bridgehead atoms. The van der Waals surface area contributed by atoms with Crippen LogP contribution in [-0.4, -0.2) is 26.7 Å². The van der Waals surface area contributed by atoms with Crippen LogP contribution in [0.15, 0.2) is 36.9 Å². The topological polar surface area (TPSA) is 59.8 Å². The first kappa shape index (κ1) is 12.8. The molecule has 1 aliphatic rings. The summed E-state index contributed by atoms with van der Waals surface area (Å²) < 4.78 is 1.76. The van der Waals surface area contributed by atoms with Gasteiger partial charge >= 0.3 is 0 Å². The summed E-state index contributed by atoms with van der Waals surface area (Å²) in [6.07, 6.45) is 7.86. The Kier molecular flexibility index (Phi) is 3.76. The first-order valence-corrected chi connectivity index (χ1v) is 7.03. The van der Waals surface area contributed by atoms with Gasteiger partial charge in [0.15, 0.2) is 0 Å². The number of aromatic nitrogens is 3. The van der Waals surface area contributed by atoms with Gasteiger partial charge in [0.05, 0.1) is 6.54 Å². The van der Waals surface area contributed by atoms with Crippen LogP contribution in [-0.2, 0) is 6.54 Å². The van der Waals surface area contributed by atoms with Gasteiger partial charge in [-0.25, -0.2) is 9.67 Å². The highest BCUT2D eigenvalue weighted by Gasteiger charge is 2.17. The van der Waals surface area contributed by atoms with Crippen molar-refractivity contribution in [3.8, 4) is 0 Å². The van der Waals surface area contributed by atoms with Crippen LogP contribution in [0.2, 0.25) is 0 Å². The van der Waals surface area contributed by atoms with Crippen molar-refractivity contribution in [2.75, 3.05) is 0 Å². The van der Waals surface area contributed by atoms with Gasteiger partial charge in [-0.15, -0.1) is 0 Å². The zero-order valence-electron chi connectivity index (χ0n) is 11.3.